The van der Waals surface area contributed by atoms with Crippen LogP contribution in [0.15, 0.2) is 42.5 Å². The summed E-state index contributed by atoms with van der Waals surface area (Å²) < 4.78 is 33.7. The minimum atomic E-state index is -0.660. The highest BCUT2D eigenvalue weighted by molar-refractivity contribution is 6.30. The molecule has 26 heavy (non-hydrogen) atoms. The van der Waals surface area contributed by atoms with Crippen LogP contribution >= 0.6 is 11.6 Å². The minimum Gasteiger partial charge on any atom is -0.365 e. The fourth-order valence-corrected chi connectivity index (χ4v) is 3.77. The van der Waals surface area contributed by atoms with Crippen LogP contribution in [0.5, 0.6) is 0 Å². The Morgan fingerprint density at radius 2 is 1.92 bits per heavy atom. The van der Waals surface area contributed by atoms with Crippen molar-refractivity contribution in [3.63, 3.8) is 0 Å². The van der Waals surface area contributed by atoms with Crippen LogP contribution in [0.2, 0.25) is 5.02 Å². The van der Waals surface area contributed by atoms with Gasteiger partial charge >= 0.3 is 0 Å². The fraction of sp³-hybridized carbons (Fsp3) is 0.350. The second-order valence-corrected chi connectivity index (χ2v) is 7.42. The van der Waals surface area contributed by atoms with E-state index in [2.05, 4.69) is 5.32 Å². The van der Waals surface area contributed by atoms with Crippen molar-refractivity contribution >= 4 is 17.5 Å². The van der Waals surface area contributed by atoms with Crippen LogP contribution in [0.1, 0.15) is 50.0 Å². The molecule has 1 amide bonds. The van der Waals surface area contributed by atoms with Gasteiger partial charge in [-0.05, 0) is 30.7 Å². The normalized spacial score (nSPS) is 25.7. The van der Waals surface area contributed by atoms with Gasteiger partial charge in [-0.2, -0.15) is 0 Å². The van der Waals surface area contributed by atoms with Crippen LogP contribution in [-0.2, 0) is 9.53 Å². The summed E-state index contributed by atoms with van der Waals surface area (Å²) in [5, 5.41) is 3.53. The van der Waals surface area contributed by atoms with Gasteiger partial charge in [-0.1, -0.05) is 29.8 Å². The smallest absolute Gasteiger partial charge is 0.217 e. The van der Waals surface area contributed by atoms with Crippen molar-refractivity contribution in [1.29, 1.82) is 0 Å². The van der Waals surface area contributed by atoms with Gasteiger partial charge in [0.1, 0.15) is 11.6 Å². The van der Waals surface area contributed by atoms with Crippen LogP contribution in [0.4, 0.5) is 8.78 Å². The fourth-order valence-electron chi connectivity index (χ4n) is 3.57. The first-order chi connectivity index (χ1) is 12.3. The third-order valence-electron chi connectivity index (χ3n) is 4.61. The van der Waals surface area contributed by atoms with Gasteiger partial charge in [-0.15, -0.1) is 0 Å². The van der Waals surface area contributed by atoms with Gasteiger partial charge in [0.05, 0.1) is 12.2 Å². The Bertz CT molecular complexity index is 829. The lowest BCUT2D eigenvalue weighted by Gasteiger charge is -2.43. The van der Waals surface area contributed by atoms with Gasteiger partial charge in [0.15, 0.2) is 0 Å². The van der Waals surface area contributed by atoms with Crippen molar-refractivity contribution < 1.29 is 18.3 Å². The zero-order valence-electron chi connectivity index (χ0n) is 14.6. The zero-order valence-corrected chi connectivity index (χ0v) is 15.3. The summed E-state index contributed by atoms with van der Waals surface area (Å²) in [6, 6.07) is 10.7. The molecule has 0 unspecified atom stereocenters. The Labute approximate surface area is 156 Å². The van der Waals surface area contributed by atoms with Crippen LogP contribution < -0.4 is 5.32 Å². The summed E-state index contributed by atoms with van der Waals surface area (Å²) in [7, 11) is 0. The minimum absolute atomic E-state index is 0.169. The molecule has 0 spiro atoms. The van der Waals surface area contributed by atoms with Gasteiger partial charge < -0.3 is 10.1 Å². The maximum absolute atomic E-state index is 14.3. The number of halogens is 3. The molecule has 3 nitrogen and oxygen atoms in total. The molecule has 2 aromatic carbocycles. The number of rotatable bonds is 3. The van der Waals surface area contributed by atoms with E-state index in [4.69, 9.17) is 16.3 Å². The maximum Gasteiger partial charge on any atom is 0.217 e. The molecule has 138 valence electrons. The van der Waals surface area contributed by atoms with Gasteiger partial charge in [-0.25, -0.2) is 8.78 Å². The molecule has 0 radical (unpaired) electrons. The predicted octanol–water partition coefficient (Wildman–Crippen LogP) is 5.11. The van der Waals surface area contributed by atoms with E-state index in [1.54, 1.807) is 12.1 Å². The highest BCUT2D eigenvalue weighted by Gasteiger charge is 2.40. The van der Waals surface area contributed by atoms with Gasteiger partial charge in [-0.3, -0.25) is 4.79 Å². The summed E-state index contributed by atoms with van der Waals surface area (Å²) in [4.78, 5) is 11.7. The topological polar surface area (TPSA) is 38.3 Å². The third kappa shape index (κ3) is 4.22. The highest BCUT2D eigenvalue weighted by Crippen LogP contribution is 2.44. The number of carbonyl (C=O) groups excluding carboxylic acids is 1. The molecular formula is C20H20ClF2NO2. The quantitative estimate of drug-likeness (QED) is 0.805. The molecule has 1 saturated heterocycles. The van der Waals surface area contributed by atoms with Crippen molar-refractivity contribution in [1.82, 2.24) is 5.32 Å². The molecule has 0 bridgehead atoms. The summed E-state index contributed by atoms with van der Waals surface area (Å²) in [6.45, 7) is 3.35. The first-order valence-electron chi connectivity index (χ1n) is 8.40. The molecule has 3 rings (SSSR count). The summed E-state index contributed by atoms with van der Waals surface area (Å²) in [5.74, 6) is -1.47. The SMILES string of the molecule is CC(=O)N[C@]1(C)C[C@@H](c2cccc(Cl)c2)O[C@@H](c2ccc(F)cc2F)C1. The molecule has 0 saturated carbocycles. The second kappa shape index (κ2) is 7.33. The average molecular weight is 380 g/mol. The molecule has 3 atom stereocenters. The zero-order chi connectivity index (χ0) is 18.9. The molecule has 1 aliphatic rings. The van der Waals surface area contributed by atoms with E-state index in [-0.39, 0.29) is 17.6 Å². The largest absolute Gasteiger partial charge is 0.365 e. The standard InChI is InChI=1S/C20H20ClF2NO2/c1-12(25)24-20(2)10-18(13-4-3-5-14(21)8-13)26-19(11-20)16-7-6-15(22)9-17(16)23/h3-9,18-19H,10-11H2,1-2H3,(H,24,25)/t18-,19+,20+/m0/s1. The van der Waals surface area contributed by atoms with Crippen LogP contribution in [-0.4, -0.2) is 11.4 Å². The van der Waals surface area contributed by atoms with Crippen LogP contribution in [0, 0.1) is 11.6 Å². The average Bonchev–Trinajstić information content (AvgIpc) is 2.53. The van der Waals surface area contributed by atoms with E-state index in [1.807, 2.05) is 19.1 Å². The molecule has 1 heterocycles. The molecule has 2 aromatic rings. The van der Waals surface area contributed by atoms with Crippen molar-refractivity contribution in [3.05, 3.63) is 70.2 Å². The first kappa shape index (κ1) is 18.8. The Morgan fingerprint density at radius 1 is 1.19 bits per heavy atom. The number of carbonyl (C=O) groups is 1. The first-order valence-corrected chi connectivity index (χ1v) is 8.78. The van der Waals surface area contributed by atoms with E-state index in [1.165, 1.54) is 19.1 Å². The van der Waals surface area contributed by atoms with Crippen molar-refractivity contribution in [3.8, 4) is 0 Å². The van der Waals surface area contributed by atoms with Gasteiger partial charge in [0.2, 0.25) is 5.91 Å². The van der Waals surface area contributed by atoms with E-state index in [0.717, 1.165) is 11.6 Å². The van der Waals surface area contributed by atoms with E-state index >= 15 is 0 Å². The number of benzene rings is 2. The molecule has 6 heteroatoms. The van der Waals surface area contributed by atoms with Crippen molar-refractivity contribution in [2.24, 2.45) is 0 Å². The van der Waals surface area contributed by atoms with Gasteiger partial charge in [0.25, 0.3) is 0 Å². The Kier molecular flexibility index (Phi) is 5.30. The second-order valence-electron chi connectivity index (χ2n) is 6.98. The molecule has 1 fully saturated rings. The Balaban J connectivity index is 1.97. The van der Waals surface area contributed by atoms with Gasteiger partial charge in [0, 0.05) is 42.0 Å². The van der Waals surface area contributed by atoms with E-state index in [9.17, 15) is 13.6 Å². The van der Waals surface area contributed by atoms with Crippen molar-refractivity contribution in [2.75, 3.05) is 0 Å². The summed E-state index contributed by atoms with van der Waals surface area (Å²) in [5.41, 5.74) is 0.527. The lowest BCUT2D eigenvalue weighted by atomic mass is 9.81. The molecule has 0 aliphatic carbocycles. The number of nitrogens with one attached hydrogen (secondary N) is 1. The summed E-state index contributed by atoms with van der Waals surface area (Å²) >= 11 is 6.09. The lowest BCUT2D eigenvalue weighted by Crippen LogP contribution is -2.50. The Hall–Kier alpha value is -1.98. The predicted molar refractivity (Wildman–Crippen MR) is 95.8 cm³/mol. The van der Waals surface area contributed by atoms with Crippen LogP contribution in [0.3, 0.4) is 0 Å². The van der Waals surface area contributed by atoms with E-state index < -0.39 is 23.3 Å². The molecule has 1 aliphatic heterocycles. The number of hydrogen-bond acceptors (Lipinski definition) is 2. The monoisotopic (exact) mass is 379 g/mol. The van der Waals surface area contributed by atoms with E-state index in [0.29, 0.717) is 17.9 Å². The Morgan fingerprint density at radius 3 is 2.58 bits per heavy atom. The highest BCUT2D eigenvalue weighted by atomic mass is 35.5. The van der Waals surface area contributed by atoms with Crippen molar-refractivity contribution in [2.45, 2.75) is 44.4 Å². The molecular weight excluding hydrogens is 360 g/mol. The number of ether oxygens (including phenoxy) is 1. The third-order valence-corrected chi connectivity index (χ3v) is 4.84. The lowest BCUT2D eigenvalue weighted by molar-refractivity contribution is -0.126. The number of hydrogen-bond donors (Lipinski definition) is 1. The number of amides is 1. The summed E-state index contributed by atoms with van der Waals surface area (Å²) in [6.07, 6.45) is -0.0998. The molecule has 0 aromatic heterocycles. The maximum atomic E-state index is 14.3. The molecule has 1 N–H and O–H groups in total. The van der Waals surface area contributed by atoms with Crippen LogP contribution in [0.25, 0.3) is 0 Å².